The first-order chi connectivity index (χ1) is 8.86. The van der Waals surface area contributed by atoms with E-state index in [0.717, 1.165) is 18.9 Å². The standard InChI is InChI=1S/C13H13BrFNO3/c1-13(12(18)19,7-5-6-7)16-11(17)10-8(14)3-2-4-9(10)15/h2-4,7H,5-6H2,1H3,(H,16,17)(H,18,19). The molecule has 1 fully saturated rings. The highest BCUT2D eigenvalue weighted by Crippen LogP contribution is 2.40. The van der Waals surface area contributed by atoms with E-state index in [-0.39, 0.29) is 11.5 Å². The monoisotopic (exact) mass is 329 g/mol. The summed E-state index contributed by atoms with van der Waals surface area (Å²) in [5.74, 6) is -2.60. The first-order valence-corrected chi connectivity index (χ1v) is 6.65. The van der Waals surface area contributed by atoms with Crippen LogP contribution in [0.3, 0.4) is 0 Å². The quantitative estimate of drug-likeness (QED) is 0.892. The molecule has 1 saturated carbocycles. The molecule has 6 heteroatoms. The van der Waals surface area contributed by atoms with E-state index in [2.05, 4.69) is 21.2 Å². The van der Waals surface area contributed by atoms with E-state index < -0.39 is 23.2 Å². The predicted molar refractivity (Wildman–Crippen MR) is 70.3 cm³/mol. The van der Waals surface area contributed by atoms with Gasteiger partial charge in [-0.05, 0) is 53.7 Å². The molecular formula is C13H13BrFNO3. The van der Waals surface area contributed by atoms with Crippen molar-refractivity contribution in [1.29, 1.82) is 0 Å². The molecule has 0 bridgehead atoms. The fourth-order valence-corrected chi connectivity index (χ4v) is 2.53. The van der Waals surface area contributed by atoms with Crippen LogP contribution >= 0.6 is 15.9 Å². The maximum atomic E-state index is 13.7. The second-order valence-electron chi connectivity index (χ2n) is 4.83. The molecule has 4 nitrogen and oxygen atoms in total. The topological polar surface area (TPSA) is 66.4 Å². The lowest BCUT2D eigenvalue weighted by Gasteiger charge is -2.26. The van der Waals surface area contributed by atoms with Crippen LogP contribution in [-0.4, -0.2) is 22.5 Å². The van der Waals surface area contributed by atoms with Crippen molar-refractivity contribution in [2.45, 2.75) is 25.3 Å². The normalized spacial score (nSPS) is 17.6. The molecule has 0 saturated heterocycles. The van der Waals surface area contributed by atoms with Gasteiger partial charge in [0.2, 0.25) is 0 Å². The minimum Gasteiger partial charge on any atom is -0.480 e. The van der Waals surface area contributed by atoms with Crippen LogP contribution in [0.1, 0.15) is 30.1 Å². The number of nitrogens with one attached hydrogen (secondary N) is 1. The highest BCUT2D eigenvalue weighted by atomic mass is 79.9. The van der Waals surface area contributed by atoms with Crippen molar-refractivity contribution < 1.29 is 19.1 Å². The second kappa shape index (κ2) is 4.92. The Kier molecular flexibility index (Phi) is 3.62. The molecule has 1 aromatic carbocycles. The molecule has 2 N–H and O–H groups in total. The molecule has 1 amide bonds. The molecule has 102 valence electrons. The number of amides is 1. The van der Waals surface area contributed by atoms with Crippen LogP contribution < -0.4 is 5.32 Å². The number of aliphatic carboxylic acids is 1. The Morgan fingerprint density at radius 2 is 2.11 bits per heavy atom. The number of carboxylic acids is 1. The van der Waals surface area contributed by atoms with Crippen molar-refractivity contribution in [1.82, 2.24) is 5.32 Å². The Hall–Kier alpha value is -1.43. The highest BCUT2D eigenvalue weighted by Gasteiger charge is 2.48. The van der Waals surface area contributed by atoms with Crippen molar-refractivity contribution in [2.75, 3.05) is 0 Å². The molecule has 19 heavy (non-hydrogen) atoms. The van der Waals surface area contributed by atoms with Gasteiger partial charge < -0.3 is 10.4 Å². The van der Waals surface area contributed by atoms with Gasteiger partial charge in [0, 0.05) is 4.47 Å². The molecule has 0 aromatic heterocycles. The fraction of sp³-hybridized carbons (Fsp3) is 0.385. The second-order valence-corrected chi connectivity index (χ2v) is 5.69. The average molecular weight is 330 g/mol. The first kappa shape index (κ1) is 14.0. The van der Waals surface area contributed by atoms with Gasteiger partial charge in [-0.1, -0.05) is 6.07 Å². The van der Waals surface area contributed by atoms with Gasteiger partial charge in [0.25, 0.3) is 5.91 Å². The summed E-state index contributed by atoms with van der Waals surface area (Å²) in [7, 11) is 0. The summed E-state index contributed by atoms with van der Waals surface area (Å²) >= 11 is 3.10. The van der Waals surface area contributed by atoms with Crippen molar-refractivity contribution >= 4 is 27.8 Å². The smallest absolute Gasteiger partial charge is 0.329 e. The van der Waals surface area contributed by atoms with E-state index in [1.54, 1.807) is 0 Å². The zero-order valence-electron chi connectivity index (χ0n) is 10.2. The minimum atomic E-state index is -1.35. The molecule has 1 aliphatic carbocycles. The fourth-order valence-electron chi connectivity index (χ4n) is 2.00. The van der Waals surface area contributed by atoms with Gasteiger partial charge in [-0.3, -0.25) is 4.79 Å². The third-order valence-corrected chi connectivity index (χ3v) is 4.06. The molecule has 1 unspecified atom stereocenters. The number of rotatable bonds is 4. The lowest BCUT2D eigenvalue weighted by atomic mass is 9.95. The number of carbonyl (C=O) groups is 2. The number of hydrogen-bond donors (Lipinski definition) is 2. The number of hydrogen-bond acceptors (Lipinski definition) is 2. The molecule has 1 aromatic rings. The number of benzene rings is 1. The van der Waals surface area contributed by atoms with E-state index in [1.807, 2.05) is 0 Å². The van der Waals surface area contributed by atoms with Gasteiger partial charge in [0.15, 0.2) is 0 Å². The van der Waals surface area contributed by atoms with Gasteiger partial charge in [0.05, 0.1) is 5.56 Å². The van der Waals surface area contributed by atoms with E-state index in [9.17, 15) is 19.1 Å². The van der Waals surface area contributed by atoms with E-state index in [0.29, 0.717) is 4.47 Å². The van der Waals surface area contributed by atoms with Crippen molar-refractivity contribution in [3.8, 4) is 0 Å². The van der Waals surface area contributed by atoms with Crippen LogP contribution in [0.2, 0.25) is 0 Å². The Bertz CT molecular complexity index is 524. The third-order valence-electron chi connectivity index (χ3n) is 3.40. The minimum absolute atomic E-state index is 0.0977. The lowest BCUT2D eigenvalue weighted by molar-refractivity contribution is -0.144. The number of carbonyl (C=O) groups excluding carboxylic acids is 1. The molecule has 2 rings (SSSR count). The summed E-state index contributed by atoms with van der Waals surface area (Å²) in [5.41, 5.74) is -1.52. The van der Waals surface area contributed by atoms with Crippen LogP contribution in [0.15, 0.2) is 22.7 Å². The molecule has 0 aliphatic heterocycles. The van der Waals surface area contributed by atoms with Crippen LogP contribution in [0.5, 0.6) is 0 Å². The Labute approximate surface area is 118 Å². The van der Waals surface area contributed by atoms with Gasteiger partial charge in [0.1, 0.15) is 11.4 Å². The van der Waals surface area contributed by atoms with Gasteiger partial charge in [-0.15, -0.1) is 0 Å². The highest BCUT2D eigenvalue weighted by molar-refractivity contribution is 9.10. The van der Waals surface area contributed by atoms with Crippen LogP contribution in [-0.2, 0) is 4.79 Å². The Morgan fingerprint density at radius 3 is 2.58 bits per heavy atom. The largest absolute Gasteiger partial charge is 0.480 e. The molecule has 0 spiro atoms. The van der Waals surface area contributed by atoms with Crippen LogP contribution in [0.25, 0.3) is 0 Å². The Morgan fingerprint density at radius 1 is 1.47 bits per heavy atom. The zero-order valence-corrected chi connectivity index (χ0v) is 11.8. The van der Waals surface area contributed by atoms with E-state index in [4.69, 9.17) is 0 Å². The summed E-state index contributed by atoms with van der Waals surface area (Å²) in [5, 5.41) is 11.7. The van der Waals surface area contributed by atoms with E-state index in [1.165, 1.54) is 19.1 Å². The number of halogens is 2. The maximum absolute atomic E-state index is 13.7. The van der Waals surface area contributed by atoms with E-state index >= 15 is 0 Å². The molecule has 1 aliphatic rings. The first-order valence-electron chi connectivity index (χ1n) is 5.86. The van der Waals surface area contributed by atoms with Gasteiger partial charge >= 0.3 is 5.97 Å². The Balaban J connectivity index is 2.28. The summed E-state index contributed by atoms with van der Waals surface area (Å²) in [6.45, 7) is 1.46. The van der Waals surface area contributed by atoms with Crippen molar-refractivity contribution in [3.05, 3.63) is 34.1 Å². The summed E-state index contributed by atoms with van der Waals surface area (Å²) in [4.78, 5) is 23.4. The van der Waals surface area contributed by atoms with Gasteiger partial charge in [-0.25, -0.2) is 9.18 Å². The average Bonchev–Trinajstić information content (AvgIpc) is 3.12. The zero-order chi connectivity index (χ0) is 14.2. The third kappa shape index (κ3) is 2.63. The maximum Gasteiger partial charge on any atom is 0.329 e. The lowest BCUT2D eigenvalue weighted by Crippen LogP contribution is -2.54. The van der Waals surface area contributed by atoms with Crippen LogP contribution in [0.4, 0.5) is 4.39 Å². The number of carboxylic acid groups (broad SMARTS) is 1. The van der Waals surface area contributed by atoms with Crippen molar-refractivity contribution in [2.24, 2.45) is 5.92 Å². The van der Waals surface area contributed by atoms with Crippen LogP contribution in [0, 0.1) is 11.7 Å². The van der Waals surface area contributed by atoms with Crippen molar-refractivity contribution in [3.63, 3.8) is 0 Å². The summed E-state index contributed by atoms with van der Waals surface area (Å²) in [6, 6.07) is 4.16. The summed E-state index contributed by atoms with van der Waals surface area (Å²) in [6.07, 6.45) is 1.50. The molecular weight excluding hydrogens is 317 g/mol. The van der Waals surface area contributed by atoms with Gasteiger partial charge in [-0.2, -0.15) is 0 Å². The molecule has 0 radical (unpaired) electrons. The predicted octanol–water partition coefficient (Wildman–Crippen LogP) is 2.57. The SMILES string of the molecule is CC(NC(=O)c1c(F)cccc1Br)(C(=O)O)C1CC1. The molecule has 0 heterocycles. The molecule has 1 atom stereocenters. The summed E-state index contributed by atoms with van der Waals surface area (Å²) < 4.78 is 14.0.